The Hall–Kier alpha value is -0.550. The first kappa shape index (κ1) is 13.9. The summed E-state index contributed by atoms with van der Waals surface area (Å²) in [4.78, 5) is 0. The van der Waals surface area contributed by atoms with Crippen LogP contribution < -0.4 is 10.1 Å². The molecule has 1 N–H and O–H groups in total. The highest BCUT2D eigenvalue weighted by Gasteiger charge is 2.15. The standard InChI is InChI=1S/C13H13BrClNOS/c1-16-13(9-6-12(14)18-7-9)8-3-4-10(15)11(5-8)17-2/h3-7,13,16H,1-2H3. The molecule has 1 atom stereocenters. The third-order valence-electron chi connectivity index (χ3n) is 2.72. The van der Waals surface area contributed by atoms with Crippen LogP contribution in [0.15, 0.2) is 33.4 Å². The maximum Gasteiger partial charge on any atom is 0.137 e. The number of rotatable bonds is 4. The van der Waals surface area contributed by atoms with Gasteiger partial charge < -0.3 is 10.1 Å². The van der Waals surface area contributed by atoms with Crippen molar-refractivity contribution in [1.82, 2.24) is 5.32 Å². The smallest absolute Gasteiger partial charge is 0.137 e. The van der Waals surface area contributed by atoms with Gasteiger partial charge in [0.25, 0.3) is 0 Å². The van der Waals surface area contributed by atoms with Crippen molar-refractivity contribution >= 4 is 38.9 Å². The van der Waals surface area contributed by atoms with Gasteiger partial charge >= 0.3 is 0 Å². The molecule has 0 aliphatic rings. The van der Waals surface area contributed by atoms with E-state index in [0.29, 0.717) is 10.8 Å². The lowest BCUT2D eigenvalue weighted by Crippen LogP contribution is -2.16. The maximum atomic E-state index is 6.04. The van der Waals surface area contributed by atoms with E-state index in [2.05, 4.69) is 32.7 Å². The van der Waals surface area contributed by atoms with Crippen molar-refractivity contribution in [1.29, 1.82) is 0 Å². The Morgan fingerprint density at radius 2 is 2.11 bits per heavy atom. The summed E-state index contributed by atoms with van der Waals surface area (Å²) >= 11 is 11.2. The number of nitrogens with one attached hydrogen (secondary N) is 1. The molecule has 1 aromatic heterocycles. The first-order valence-corrected chi connectivity index (χ1v) is 7.45. The predicted octanol–water partition coefficient (Wildman–Crippen LogP) is 4.48. The van der Waals surface area contributed by atoms with Gasteiger partial charge in [0.1, 0.15) is 5.75 Å². The van der Waals surface area contributed by atoms with Gasteiger partial charge in [-0.15, -0.1) is 11.3 Å². The molecular weight excluding hydrogens is 334 g/mol. The summed E-state index contributed by atoms with van der Waals surface area (Å²) < 4.78 is 6.38. The zero-order valence-electron chi connectivity index (χ0n) is 10.0. The highest BCUT2D eigenvalue weighted by atomic mass is 79.9. The molecule has 0 saturated heterocycles. The van der Waals surface area contributed by atoms with E-state index >= 15 is 0 Å². The van der Waals surface area contributed by atoms with Crippen molar-refractivity contribution in [3.8, 4) is 5.75 Å². The van der Waals surface area contributed by atoms with E-state index in [9.17, 15) is 0 Å². The van der Waals surface area contributed by atoms with E-state index in [-0.39, 0.29) is 6.04 Å². The van der Waals surface area contributed by atoms with Crippen LogP contribution in [0.5, 0.6) is 5.75 Å². The molecule has 1 heterocycles. The fourth-order valence-corrected chi connectivity index (χ4v) is 3.25. The highest BCUT2D eigenvalue weighted by molar-refractivity contribution is 9.11. The van der Waals surface area contributed by atoms with E-state index in [0.717, 1.165) is 9.35 Å². The molecule has 1 aromatic carbocycles. The minimum Gasteiger partial charge on any atom is -0.495 e. The SMILES string of the molecule is CNC(c1csc(Br)c1)c1ccc(Cl)c(OC)c1. The van der Waals surface area contributed by atoms with Crippen LogP contribution in [0, 0.1) is 0 Å². The van der Waals surface area contributed by atoms with Gasteiger partial charge in [-0.05, 0) is 57.7 Å². The summed E-state index contributed by atoms with van der Waals surface area (Å²) in [6.45, 7) is 0. The topological polar surface area (TPSA) is 21.3 Å². The molecule has 0 radical (unpaired) electrons. The summed E-state index contributed by atoms with van der Waals surface area (Å²) in [5.74, 6) is 0.698. The molecule has 0 fully saturated rings. The van der Waals surface area contributed by atoms with Gasteiger partial charge in [0, 0.05) is 0 Å². The van der Waals surface area contributed by atoms with Crippen molar-refractivity contribution < 1.29 is 4.74 Å². The molecule has 0 spiro atoms. The summed E-state index contributed by atoms with van der Waals surface area (Å²) in [7, 11) is 3.57. The van der Waals surface area contributed by atoms with E-state index in [1.165, 1.54) is 5.56 Å². The molecule has 0 bridgehead atoms. The zero-order chi connectivity index (χ0) is 13.1. The van der Waals surface area contributed by atoms with Crippen molar-refractivity contribution in [2.75, 3.05) is 14.2 Å². The quantitative estimate of drug-likeness (QED) is 0.881. The summed E-state index contributed by atoms with van der Waals surface area (Å²) in [6, 6.07) is 8.10. The molecule has 2 aromatic rings. The van der Waals surface area contributed by atoms with Gasteiger partial charge in [-0.3, -0.25) is 0 Å². The first-order chi connectivity index (χ1) is 8.65. The number of methoxy groups -OCH3 is 1. The van der Waals surface area contributed by atoms with Crippen LogP contribution in [0.1, 0.15) is 17.2 Å². The Labute approximate surface area is 124 Å². The van der Waals surface area contributed by atoms with Crippen LogP contribution in [0.3, 0.4) is 0 Å². The van der Waals surface area contributed by atoms with Crippen molar-refractivity contribution in [3.05, 3.63) is 49.6 Å². The molecular formula is C13H13BrClNOS. The molecule has 0 amide bonds. The number of hydrogen-bond acceptors (Lipinski definition) is 3. The van der Waals surface area contributed by atoms with E-state index in [1.54, 1.807) is 18.4 Å². The van der Waals surface area contributed by atoms with Gasteiger partial charge in [0.2, 0.25) is 0 Å². The monoisotopic (exact) mass is 345 g/mol. The van der Waals surface area contributed by atoms with E-state index in [1.807, 2.05) is 25.2 Å². The molecule has 5 heteroatoms. The van der Waals surface area contributed by atoms with Crippen LogP contribution in [0.4, 0.5) is 0 Å². The second-order valence-corrected chi connectivity index (χ2v) is 6.50. The third kappa shape index (κ3) is 2.88. The Morgan fingerprint density at radius 1 is 1.33 bits per heavy atom. The van der Waals surface area contributed by atoms with Crippen LogP contribution in [0.2, 0.25) is 5.02 Å². The average Bonchev–Trinajstić information content (AvgIpc) is 2.79. The number of benzene rings is 1. The lowest BCUT2D eigenvalue weighted by Gasteiger charge is -2.16. The van der Waals surface area contributed by atoms with Gasteiger partial charge in [-0.25, -0.2) is 0 Å². The van der Waals surface area contributed by atoms with Crippen molar-refractivity contribution in [2.45, 2.75) is 6.04 Å². The highest BCUT2D eigenvalue weighted by Crippen LogP contribution is 2.33. The largest absolute Gasteiger partial charge is 0.495 e. The van der Waals surface area contributed by atoms with Crippen molar-refractivity contribution in [2.24, 2.45) is 0 Å². The molecule has 18 heavy (non-hydrogen) atoms. The minimum atomic E-state index is 0.138. The van der Waals surface area contributed by atoms with Crippen LogP contribution >= 0.6 is 38.9 Å². The summed E-state index contributed by atoms with van der Waals surface area (Å²) in [5, 5.41) is 6.06. The summed E-state index contributed by atoms with van der Waals surface area (Å²) in [5.41, 5.74) is 2.35. The van der Waals surface area contributed by atoms with Gasteiger partial charge in [0.05, 0.1) is 22.0 Å². The minimum absolute atomic E-state index is 0.138. The normalized spacial score (nSPS) is 12.4. The molecule has 0 saturated carbocycles. The fraction of sp³-hybridized carbons (Fsp3) is 0.231. The third-order valence-corrected chi connectivity index (χ3v) is 4.55. The van der Waals surface area contributed by atoms with E-state index in [4.69, 9.17) is 16.3 Å². The number of halogens is 2. The second kappa shape index (κ2) is 6.06. The second-order valence-electron chi connectivity index (χ2n) is 3.80. The van der Waals surface area contributed by atoms with Gasteiger partial charge in [-0.1, -0.05) is 17.7 Å². The van der Waals surface area contributed by atoms with Crippen LogP contribution in [-0.2, 0) is 0 Å². The van der Waals surface area contributed by atoms with Gasteiger partial charge in [0.15, 0.2) is 0 Å². The first-order valence-electron chi connectivity index (χ1n) is 5.40. The predicted molar refractivity (Wildman–Crippen MR) is 80.9 cm³/mol. The fourth-order valence-electron chi connectivity index (χ4n) is 1.86. The van der Waals surface area contributed by atoms with Crippen LogP contribution in [-0.4, -0.2) is 14.2 Å². The zero-order valence-corrected chi connectivity index (χ0v) is 13.2. The lowest BCUT2D eigenvalue weighted by molar-refractivity contribution is 0.414. The van der Waals surface area contributed by atoms with Crippen molar-refractivity contribution in [3.63, 3.8) is 0 Å². The average molecular weight is 347 g/mol. The molecule has 0 aliphatic heterocycles. The molecule has 1 unspecified atom stereocenters. The Balaban J connectivity index is 2.38. The van der Waals surface area contributed by atoms with E-state index < -0.39 is 0 Å². The van der Waals surface area contributed by atoms with Crippen LogP contribution in [0.25, 0.3) is 0 Å². The molecule has 0 aliphatic carbocycles. The maximum absolute atomic E-state index is 6.04. The Morgan fingerprint density at radius 3 is 2.67 bits per heavy atom. The van der Waals surface area contributed by atoms with Gasteiger partial charge in [-0.2, -0.15) is 0 Å². The molecule has 2 rings (SSSR count). The number of ether oxygens (including phenoxy) is 1. The number of thiophene rings is 1. The molecule has 2 nitrogen and oxygen atoms in total. The molecule has 96 valence electrons. The lowest BCUT2D eigenvalue weighted by atomic mass is 10.0. The Kier molecular flexibility index (Phi) is 4.67. The Bertz CT molecular complexity index is 544. The summed E-state index contributed by atoms with van der Waals surface area (Å²) in [6.07, 6.45) is 0. The number of hydrogen-bond donors (Lipinski definition) is 1.